The van der Waals surface area contributed by atoms with Crippen LogP contribution >= 0.6 is 11.3 Å². The first-order valence-electron chi connectivity index (χ1n) is 11.0. The molecule has 1 fully saturated rings. The Hall–Kier alpha value is -2.48. The summed E-state index contributed by atoms with van der Waals surface area (Å²) in [6, 6.07) is 6.53. The van der Waals surface area contributed by atoms with Crippen LogP contribution in [0.15, 0.2) is 41.5 Å². The van der Waals surface area contributed by atoms with E-state index in [0.29, 0.717) is 28.5 Å². The van der Waals surface area contributed by atoms with Crippen molar-refractivity contribution in [1.82, 2.24) is 4.90 Å². The number of nitrogens with zero attached hydrogens (tertiary/aromatic N) is 1. The summed E-state index contributed by atoms with van der Waals surface area (Å²) in [5.41, 5.74) is 3.15. The van der Waals surface area contributed by atoms with Crippen LogP contribution < -0.4 is 5.32 Å². The van der Waals surface area contributed by atoms with Gasteiger partial charge in [-0.3, -0.25) is 9.69 Å². The van der Waals surface area contributed by atoms with Gasteiger partial charge in [0.2, 0.25) is 0 Å². The van der Waals surface area contributed by atoms with Crippen molar-refractivity contribution in [3.8, 4) is 0 Å². The molecule has 2 N–H and O–H groups in total. The van der Waals surface area contributed by atoms with E-state index in [2.05, 4.69) is 21.7 Å². The summed E-state index contributed by atoms with van der Waals surface area (Å²) >= 11 is 1.74. The number of piperidine rings is 1. The molecule has 168 valence electrons. The molecule has 3 aliphatic heterocycles. The van der Waals surface area contributed by atoms with Crippen molar-refractivity contribution in [3.05, 3.63) is 63.3 Å². The third-order valence-electron chi connectivity index (χ3n) is 6.57. The van der Waals surface area contributed by atoms with Crippen LogP contribution in [0.25, 0.3) is 11.1 Å². The predicted octanol–water partition coefficient (Wildman–Crippen LogP) is 4.65. The summed E-state index contributed by atoms with van der Waals surface area (Å²) in [5.74, 6) is 0.302. The quantitative estimate of drug-likeness (QED) is 0.661. The second-order valence-electron chi connectivity index (χ2n) is 9.26. The summed E-state index contributed by atoms with van der Waals surface area (Å²) in [6.07, 6.45) is 4.04. The van der Waals surface area contributed by atoms with Crippen LogP contribution in [0.4, 0.5) is 10.1 Å². The number of fused-ring (bicyclic) bond motifs is 1. The second kappa shape index (κ2) is 8.14. The third kappa shape index (κ3) is 3.89. The summed E-state index contributed by atoms with van der Waals surface area (Å²) in [6.45, 7) is 7.23. The van der Waals surface area contributed by atoms with Crippen molar-refractivity contribution < 1.29 is 19.0 Å². The molecule has 1 amide bonds. The number of nitrogens with one attached hydrogen (secondary N) is 1. The minimum absolute atomic E-state index is 0.272. The first-order valence-corrected chi connectivity index (χ1v) is 11.9. The average molecular weight is 455 g/mol. The van der Waals surface area contributed by atoms with E-state index >= 15 is 0 Å². The lowest BCUT2D eigenvalue weighted by Crippen LogP contribution is -2.34. The van der Waals surface area contributed by atoms with Crippen LogP contribution in [-0.4, -0.2) is 41.2 Å². The first kappa shape index (κ1) is 21.4. The van der Waals surface area contributed by atoms with Crippen molar-refractivity contribution in [2.45, 2.75) is 38.8 Å². The normalized spacial score (nSPS) is 23.1. The third-order valence-corrected chi connectivity index (χ3v) is 7.49. The van der Waals surface area contributed by atoms with E-state index in [0.717, 1.165) is 43.6 Å². The highest BCUT2D eigenvalue weighted by Gasteiger charge is 2.38. The van der Waals surface area contributed by atoms with Crippen molar-refractivity contribution in [2.24, 2.45) is 5.92 Å². The van der Waals surface area contributed by atoms with Gasteiger partial charge in [0, 0.05) is 29.2 Å². The van der Waals surface area contributed by atoms with Gasteiger partial charge in [0.25, 0.3) is 5.91 Å². The van der Waals surface area contributed by atoms with Gasteiger partial charge in [0.15, 0.2) is 0 Å². The van der Waals surface area contributed by atoms with Gasteiger partial charge in [-0.05, 0) is 87.0 Å². The average Bonchev–Trinajstić information content (AvgIpc) is 3.42. The number of likely N-dealkylation sites (tertiary alicyclic amines) is 1. The maximum atomic E-state index is 13.6. The number of hydrogen-bond acceptors (Lipinski definition) is 5. The van der Waals surface area contributed by atoms with Crippen LogP contribution in [0.2, 0.25) is 0 Å². The Kier molecular flexibility index (Phi) is 5.43. The lowest BCUT2D eigenvalue weighted by molar-refractivity contribution is -0.111. The molecule has 5 rings (SSSR count). The number of carbonyl (C=O) groups is 1. The molecule has 1 aromatic carbocycles. The summed E-state index contributed by atoms with van der Waals surface area (Å²) in [5, 5.41) is 14.2. The van der Waals surface area contributed by atoms with Crippen LogP contribution in [0.1, 0.15) is 42.7 Å². The van der Waals surface area contributed by atoms with Crippen LogP contribution in [0.3, 0.4) is 0 Å². The Labute approximate surface area is 191 Å². The minimum Gasteiger partial charge on any atom is -0.482 e. The highest BCUT2D eigenvalue weighted by Crippen LogP contribution is 2.45. The molecular formula is C25H27FN2O3S. The predicted molar refractivity (Wildman–Crippen MR) is 124 cm³/mol. The van der Waals surface area contributed by atoms with Gasteiger partial charge in [0.1, 0.15) is 17.2 Å². The number of aliphatic hydroxyl groups is 1. The molecule has 2 aromatic rings. The van der Waals surface area contributed by atoms with Crippen LogP contribution in [0.5, 0.6) is 0 Å². The van der Waals surface area contributed by atoms with Gasteiger partial charge in [-0.15, -0.1) is 11.3 Å². The van der Waals surface area contributed by atoms with E-state index in [1.807, 2.05) is 19.9 Å². The number of aliphatic hydroxyl groups excluding tert-OH is 1. The van der Waals surface area contributed by atoms with Gasteiger partial charge in [0.05, 0.1) is 11.3 Å². The Balaban J connectivity index is 1.41. The summed E-state index contributed by atoms with van der Waals surface area (Å²) in [4.78, 5) is 16.4. The molecule has 0 spiro atoms. The first-order chi connectivity index (χ1) is 15.3. The largest absolute Gasteiger partial charge is 0.482 e. The molecule has 0 aliphatic carbocycles. The van der Waals surface area contributed by atoms with E-state index in [1.165, 1.54) is 17.0 Å². The number of halogens is 1. The fraction of sp³-hybridized carbons (Fsp3) is 0.400. The van der Waals surface area contributed by atoms with E-state index in [-0.39, 0.29) is 18.3 Å². The molecule has 0 saturated carbocycles. The minimum atomic E-state index is -0.580. The highest BCUT2D eigenvalue weighted by molar-refractivity contribution is 7.10. The SMILES string of the molecule is CC1(C)O/C(=C2/C(=O)Nc3cc(F)ccc32)C=C1c1csc(CN2CCC(CO)CC2)c1. The van der Waals surface area contributed by atoms with Gasteiger partial charge in [-0.1, -0.05) is 0 Å². The van der Waals surface area contributed by atoms with Gasteiger partial charge in [-0.25, -0.2) is 4.39 Å². The maximum Gasteiger partial charge on any atom is 0.260 e. The Morgan fingerprint density at radius 3 is 2.81 bits per heavy atom. The smallest absolute Gasteiger partial charge is 0.260 e. The number of ether oxygens (including phenoxy) is 1. The zero-order valence-corrected chi connectivity index (χ0v) is 19.1. The molecule has 7 heteroatoms. The monoisotopic (exact) mass is 454 g/mol. The fourth-order valence-corrected chi connectivity index (χ4v) is 5.69. The molecule has 1 saturated heterocycles. The van der Waals surface area contributed by atoms with Crippen molar-refractivity contribution in [3.63, 3.8) is 0 Å². The lowest BCUT2D eigenvalue weighted by atomic mass is 9.93. The zero-order valence-electron chi connectivity index (χ0n) is 18.3. The molecule has 0 radical (unpaired) electrons. The second-order valence-corrected chi connectivity index (χ2v) is 10.3. The standard InChI is InChI=1S/C25H27FN2O3S/c1-25(2)20(16-9-18(32-14-16)12-28-7-5-15(13-29)6-8-28)11-22(31-25)23-19-4-3-17(26)10-21(19)27-24(23)30/h3-4,9-11,14-15,29H,5-8,12-13H2,1-2H3,(H,27,30)/b23-22+. The van der Waals surface area contributed by atoms with E-state index < -0.39 is 5.60 Å². The number of hydrogen-bond donors (Lipinski definition) is 2. The van der Waals surface area contributed by atoms with Gasteiger partial charge >= 0.3 is 0 Å². The van der Waals surface area contributed by atoms with Crippen molar-refractivity contribution in [1.29, 1.82) is 0 Å². The number of rotatable bonds is 4. The number of benzene rings is 1. The van der Waals surface area contributed by atoms with Crippen molar-refractivity contribution >= 4 is 34.1 Å². The number of amides is 1. The molecule has 0 atom stereocenters. The van der Waals surface area contributed by atoms with Crippen LogP contribution in [0, 0.1) is 11.7 Å². The molecule has 4 heterocycles. The zero-order chi connectivity index (χ0) is 22.5. The van der Waals surface area contributed by atoms with Crippen molar-refractivity contribution in [2.75, 3.05) is 25.0 Å². The van der Waals surface area contributed by atoms with Crippen LogP contribution in [-0.2, 0) is 16.1 Å². The maximum absolute atomic E-state index is 13.6. The molecular weight excluding hydrogens is 427 g/mol. The number of thiophene rings is 1. The molecule has 1 aromatic heterocycles. The summed E-state index contributed by atoms with van der Waals surface area (Å²) < 4.78 is 19.8. The van der Waals surface area contributed by atoms with Gasteiger partial charge < -0.3 is 15.2 Å². The number of allylic oxidation sites excluding steroid dienone is 1. The highest BCUT2D eigenvalue weighted by atomic mass is 32.1. The number of anilines is 1. The molecule has 5 nitrogen and oxygen atoms in total. The Morgan fingerprint density at radius 2 is 2.06 bits per heavy atom. The van der Waals surface area contributed by atoms with E-state index in [1.54, 1.807) is 17.4 Å². The Morgan fingerprint density at radius 1 is 1.28 bits per heavy atom. The molecule has 32 heavy (non-hydrogen) atoms. The van der Waals surface area contributed by atoms with E-state index in [9.17, 15) is 14.3 Å². The molecule has 0 bridgehead atoms. The molecule has 3 aliphatic rings. The fourth-order valence-electron chi connectivity index (χ4n) is 4.76. The van der Waals surface area contributed by atoms with E-state index in [4.69, 9.17) is 4.74 Å². The molecule has 0 unspecified atom stereocenters. The summed E-state index contributed by atoms with van der Waals surface area (Å²) in [7, 11) is 0. The number of carbonyl (C=O) groups excluding carboxylic acids is 1. The lowest BCUT2D eigenvalue weighted by Gasteiger charge is -2.30. The van der Waals surface area contributed by atoms with Gasteiger partial charge in [-0.2, -0.15) is 0 Å². The Bertz CT molecular complexity index is 1130. The topological polar surface area (TPSA) is 61.8 Å².